The van der Waals surface area contributed by atoms with Gasteiger partial charge in [0.2, 0.25) is 5.82 Å². The Balaban J connectivity index is 1.71. The zero-order valence-electron chi connectivity index (χ0n) is 15.2. The fraction of sp³-hybridized carbons (Fsp3) is 0.500. The number of aromatic nitrogens is 2. The molecule has 1 aliphatic heterocycles. The lowest BCUT2D eigenvalue weighted by atomic mass is 10.2. The van der Waals surface area contributed by atoms with Gasteiger partial charge in [0.05, 0.1) is 6.04 Å². The van der Waals surface area contributed by atoms with Gasteiger partial charge in [-0.25, -0.2) is 9.97 Å². The molecular formula is C18H25N5O2. The third kappa shape index (κ3) is 3.66. The molecule has 0 bridgehead atoms. The minimum Gasteiger partial charge on any atom is -0.465 e. The largest absolute Gasteiger partial charge is 0.465 e. The summed E-state index contributed by atoms with van der Waals surface area (Å²) in [6.07, 6.45) is 0.998. The predicted molar refractivity (Wildman–Crippen MR) is 95.6 cm³/mol. The quantitative estimate of drug-likeness (QED) is 0.862. The van der Waals surface area contributed by atoms with Crippen molar-refractivity contribution in [1.29, 1.82) is 0 Å². The molecule has 2 aromatic heterocycles. The number of aryl methyl sites for hydroxylation is 2. The number of rotatable bonds is 5. The normalized spacial score (nSPS) is 18.6. The Kier molecular flexibility index (Phi) is 4.76. The second-order valence-electron chi connectivity index (χ2n) is 6.71. The zero-order valence-corrected chi connectivity index (χ0v) is 15.2. The van der Waals surface area contributed by atoms with Crippen LogP contribution in [0.1, 0.15) is 52.8 Å². The minimum atomic E-state index is -0.597. The Morgan fingerprint density at radius 1 is 1.36 bits per heavy atom. The van der Waals surface area contributed by atoms with Crippen molar-refractivity contribution in [1.82, 2.24) is 15.3 Å². The van der Waals surface area contributed by atoms with Crippen LogP contribution in [-0.4, -0.2) is 35.0 Å². The number of nitrogens with zero attached hydrogens (tertiary/aromatic N) is 3. The predicted octanol–water partition coefficient (Wildman–Crippen LogP) is 2.02. The molecule has 3 N–H and O–H groups in total. The van der Waals surface area contributed by atoms with E-state index in [0.717, 1.165) is 48.1 Å². The SMILES string of the molecule is Cc1ccc(C(C)N[C@@H]2CCN(c3nc(C(N)=O)nc(C)c3C)C2)o1. The number of hydrogen-bond acceptors (Lipinski definition) is 6. The molecule has 0 aromatic carbocycles. The Hall–Kier alpha value is -2.41. The van der Waals surface area contributed by atoms with Crippen molar-refractivity contribution in [2.45, 2.75) is 46.2 Å². The number of nitrogens with two attached hydrogens (primary N) is 1. The molecule has 134 valence electrons. The number of anilines is 1. The van der Waals surface area contributed by atoms with E-state index in [1.54, 1.807) is 0 Å². The van der Waals surface area contributed by atoms with Crippen LogP contribution in [-0.2, 0) is 0 Å². The van der Waals surface area contributed by atoms with Gasteiger partial charge in [-0.1, -0.05) is 0 Å². The Labute approximate surface area is 147 Å². The molecule has 1 saturated heterocycles. The molecule has 25 heavy (non-hydrogen) atoms. The molecular weight excluding hydrogens is 318 g/mol. The average Bonchev–Trinajstić information content (AvgIpc) is 3.18. The van der Waals surface area contributed by atoms with E-state index in [-0.39, 0.29) is 11.9 Å². The van der Waals surface area contributed by atoms with Crippen LogP contribution in [0.2, 0.25) is 0 Å². The maximum atomic E-state index is 11.5. The highest BCUT2D eigenvalue weighted by molar-refractivity contribution is 5.89. The Bertz CT molecular complexity index is 786. The summed E-state index contributed by atoms with van der Waals surface area (Å²) < 4.78 is 5.70. The molecule has 0 saturated carbocycles. The molecule has 2 aromatic rings. The molecule has 0 spiro atoms. The molecule has 7 nitrogen and oxygen atoms in total. The summed E-state index contributed by atoms with van der Waals surface area (Å²) in [6, 6.07) is 4.46. The van der Waals surface area contributed by atoms with Crippen LogP contribution in [0.5, 0.6) is 0 Å². The van der Waals surface area contributed by atoms with Gasteiger partial charge in [-0.2, -0.15) is 0 Å². The molecule has 1 aliphatic rings. The lowest BCUT2D eigenvalue weighted by molar-refractivity contribution is 0.0990. The highest BCUT2D eigenvalue weighted by atomic mass is 16.3. The number of amides is 1. The first-order valence-electron chi connectivity index (χ1n) is 8.57. The van der Waals surface area contributed by atoms with E-state index < -0.39 is 5.91 Å². The summed E-state index contributed by atoms with van der Waals surface area (Å²) in [7, 11) is 0. The standard InChI is InChI=1S/C18H25N5O2/c1-10-5-6-15(25-10)13(4)20-14-7-8-23(9-14)18-11(2)12(3)21-17(22-18)16(19)24/h5-6,13-14,20H,7-9H2,1-4H3,(H2,19,24)/t13?,14-/m1/s1. The van der Waals surface area contributed by atoms with Gasteiger partial charge in [0.25, 0.3) is 5.91 Å². The van der Waals surface area contributed by atoms with E-state index in [4.69, 9.17) is 10.2 Å². The first-order valence-corrected chi connectivity index (χ1v) is 8.57. The second kappa shape index (κ2) is 6.84. The third-order valence-electron chi connectivity index (χ3n) is 4.75. The van der Waals surface area contributed by atoms with Crippen molar-refractivity contribution in [3.63, 3.8) is 0 Å². The smallest absolute Gasteiger partial charge is 0.286 e. The molecule has 1 unspecified atom stereocenters. The van der Waals surface area contributed by atoms with E-state index >= 15 is 0 Å². The number of primary amides is 1. The number of furan rings is 1. The van der Waals surface area contributed by atoms with Crippen LogP contribution in [0, 0.1) is 20.8 Å². The van der Waals surface area contributed by atoms with Gasteiger partial charge < -0.3 is 20.4 Å². The van der Waals surface area contributed by atoms with E-state index in [1.165, 1.54) is 0 Å². The monoisotopic (exact) mass is 343 g/mol. The van der Waals surface area contributed by atoms with Crippen molar-refractivity contribution >= 4 is 11.7 Å². The zero-order chi connectivity index (χ0) is 18.1. The van der Waals surface area contributed by atoms with E-state index in [9.17, 15) is 4.79 Å². The van der Waals surface area contributed by atoms with Crippen LogP contribution < -0.4 is 16.0 Å². The maximum absolute atomic E-state index is 11.5. The number of hydrogen-bond donors (Lipinski definition) is 2. The molecule has 0 radical (unpaired) electrons. The number of carbonyl (C=O) groups excluding carboxylic acids is 1. The fourth-order valence-electron chi connectivity index (χ4n) is 3.24. The van der Waals surface area contributed by atoms with Crippen molar-refractivity contribution in [2.75, 3.05) is 18.0 Å². The second-order valence-corrected chi connectivity index (χ2v) is 6.71. The fourth-order valence-corrected chi connectivity index (χ4v) is 3.24. The molecule has 1 amide bonds. The van der Waals surface area contributed by atoms with Crippen LogP contribution in [0.4, 0.5) is 5.82 Å². The summed E-state index contributed by atoms with van der Waals surface area (Å²) in [5, 5.41) is 3.61. The third-order valence-corrected chi connectivity index (χ3v) is 4.75. The molecule has 1 fully saturated rings. The Morgan fingerprint density at radius 2 is 2.12 bits per heavy atom. The highest BCUT2D eigenvalue weighted by Crippen LogP contribution is 2.25. The Morgan fingerprint density at radius 3 is 2.76 bits per heavy atom. The van der Waals surface area contributed by atoms with Gasteiger partial charge in [-0.05, 0) is 46.2 Å². The van der Waals surface area contributed by atoms with Crippen molar-refractivity contribution in [2.24, 2.45) is 5.73 Å². The topological polar surface area (TPSA) is 97.3 Å². The lowest BCUT2D eigenvalue weighted by Crippen LogP contribution is -2.35. The van der Waals surface area contributed by atoms with E-state index in [2.05, 4.69) is 27.1 Å². The van der Waals surface area contributed by atoms with Gasteiger partial charge in [-0.15, -0.1) is 0 Å². The van der Waals surface area contributed by atoms with E-state index in [0.29, 0.717) is 6.04 Å². The minimum absolute atomic E-state index is 0.0777. The summed E-state index contributed by atoms with van der Waals surface area (Å²) in [5.41, 5.74) is 7.13. The summed E-state index contributed by atoms with van der Waals surface area (Å²) >= 11 is 0. The molecule has 0 aliphatic carbocycles. The van der Waals surface area contributed by atoms with Crippen LogP contribution >= 0.6 is 0 Å². The van der Waals surface area contributed by atoms with Crippen LogP contribution in [0.15, 0.2) is 16.5 Å². The highest BCUT2D eigenvalue weighted by Gasteiger charge is 2.27. The van der Waals surface area contributed by atoms with Crippen LogP contribution in [0.3, 0.4) is 0 Å². The first kappa shape index (κ1) is 17.4. The summed E-state index contributed by atoms with van der Waals surface area (Å²) in [4.78, 5) is 22.2. The van der Waals surface area contributed by atoms with Gasteiger partial charge in [0, 0.05) is 30.4 Å². The van der Waals surface area contributed by atoms with Gasteiger partial charge >= 0.3 is 0 Å². The molecule has 3 rings (SSSR count). The molecule has 2 atom stereocenters. The van der Waals surface area contributed by atoms with Gasteiger partial charge in [-0.3, -0.25) is 4.79 Å². The molecule has 3 heterocycles. The average molecular weight is 343 g/mol. The van der Waals surface area contributed by atoms with Crippen molar-refractivity contribution < 1.29 is 9.21 Å². The summed E-state index contributed by atoms with van der Waals surface area (Å²) in [5.74, 6) is 2.14. The van der Waals surface area contributed by atoms with Crippen molar-refractivity contribution in [3.8, 4) is 0 Å². The number of nitrogens with one attached hydrogen (secondary N) is 1. The van der Waals surface area contributed by atoms with Gasteiger partial charge in [0.1, 0.15) is 17.3 Å². The molecule has 7 heteroatoms. The van der Waals surface area contributed by atoms with Crippen LogP contribution in [0.25, 0.3) is 0 Å². The summed E-state index contributed by atoms with van der Waals surface area (Å²) in [6.45, 7) is 9.59. The van der Waals surface area contributed by atoms with Crippen molar-refractivity contribution in [3.05, 3.63) is 40.7 Å². The van der Waals surface area contributed by atoms with E-state index in [1.807, 2.05) is 32.9 Å². The maximum Gasteiger partial charge on any atom is 0.286 e. The number of carbonyl (C=O) groups is 1. The lowest BCUT2D eigenvalue weighted by Gasteiger charge is -2.22. The first-order chi connectivity index (χ1) is 11.8. The van der Waals surface area contributed by atoms with Gasteiger partial charge in [0.15, 0.2) is 0 Å².